The SMILES string of the molecule is NC1CCN(C(=O)C2CC3CCCCC3N2)CC1SCNCC1CCC1. The number of nitrogens with two attached hydrogens (primary N) is 1. The average molecular weight is 381 g/mol. The first-order valence-electron chi connectivity index (χ1n) is 10.8. The standard InChI is InChI=1S/C20H36N4OS/c21-16-8-9-24(12-19(16)26-13-22-11-14-4-3-5-14)20(25)18-10-15-6-1-2-7-17(15)23-18/h14-19,22-23H,1-13,21H2. The molecule has 148 valence electrons. The number of likely N-dealkylation sites (tertiary alicyclic amines) is 1. The predicted molar refractivity (Wildman–Crippen MR) is 108 cm³/mol. The molecule has 6 heteroatoms. The quantitative estimate of drug-likeness (QED) is 0.485. The highest BCUT2D eigenvalue weighted by atomic mass is 32.2. The number of nitrogens with one attached hydrogen (secondary N) is 2. The van der Waals surface area contributed by atoms with Crippen molar-refractivity contribution in [2.45, 2.75) is 81.2 Å². The van der Waals surface area contributed by atoms with E-state index >= 15 is 0 Å². The first-order chi connectivity index (χ1) is 12.7. The summed E-state index contributed by atoms with van der Waals surface area (Å²) in [6, 6.07) is 0.860. The van der Waals surface area contributed by atoms with Crippen molar-refractivity contribution in [3.63, 3.8) is 0 Å². The molecule has 0 aromatic heterocycles. The highest BCUT2D eigenvalue weighted by Crippen LogP contribution is 2.34. The summed E-state index contributed by atoms with van der Waals surface area (Å²) in [5, 5.41) is 7.60. The van der Waals surface area contributed by atoms with Crippen molar-refractivity contribution in [3.05, 3.63) is 0 Å². The molecule has 5 nitrogen and oxygen atoms in total. The van der Waals surface area contributed by atoms with E-state index in [0.717, 1.165) is 50.2 Å². The Morgan fingerprint density at radius 3 is 2.77 bits per heavy atom. The first-order valence-corrected chi connectivity index (χ1v) is 11.9. The fraction of sp³-hybridized carbons (Fsp3) is 0.950. The van der Waals surface area contributed by atoms with Gasteiger partial charge >= 0.3 is 0 Å². The van der Waals surface area contributed by atoms with E-state index in [2.05, 4.69) is 15.5 Å². The number of hydrogen-bond acceptors (Lipinski definition) is 5. The second-order valence-corrected chi connectivity index (χ2v) is 10.2. The second-order valence-electron chi connectivity index (χ2n) is 8.94. The largest absolute Gasteiger partial charge is 0.340 e. The van der Waals surface area contributed by atoms with Crippen LogP contribution in [0.1, 0.15) is 57.8 Å². The van der Waals surface area contributed by atoms with E-state index in [0.29, 0.717) is 17.2 Å². The van der Waals surface area contributed by atoms with Crippen LogP contribution in [0.3, 0.4) is 0 Å². The summed E-state index contributed by atoms with van der Waals surface area (Å²) in [5.74, 6) is 2.92. The van der Waals surface area contributed by atoms with Crippen LogP contribution in [0.5, 0.6) is 0 Å². The van der Waals surface area contributed by atoms with E-state index in [9.17, 15) is 4.79 Å². The smallest absolute Gasteiger partial charge is 0.239 e. The van der Waals surface area contributed by atoms with Crippen LogP contribution in [-0.4, -0.2) is 59.7 Å². The maximum absolute atomic E-state index is 13.1. The molecule has 2 saturated carbocycles. The predicted octanol–water partition coefficient (Wildman–Crippen LogP) is 1.92. The normalized spacial score (nSPS) is 38.0. The third kappa shape index (κ3) is 4.40. The number of piperidine rings is 1. The molecule has 2 heterocycles. The maximum Gasteiger partial charge on any atom is 0.239 e. The first kappa shape index (κ1) is 19.0. The zero-order valence-corrected chi connectivity index (χ0v) is 16.8. The van der Waals surface area contributed by atoms with E-state index in [1.165, 1.54) is 44.9 Å². The summed E-state index contributed by atoms with van der Waals surface area (Å²) in [7, 11) is 0. The van der Waals surface area contributed by atoms with Crippen LogP contribution in [0.2, 0.25) is 0 Å². The Balaban J connectivity index is 1.23. The number of carbonyl (C=O) groups excluding carboxylic acids is 1. The Kier molecular flexibility index (Phi) is 6.44. The third-order valence-corrected chi connectivity index (χ3v) is 8.44. The third-order valence-electron chi connectivity index (χ3n) is 7.14. The van der Waals surface area contributed by atoms with Gasteiger partial charge in [-0.25, -0.2) is 0 Å². The molecular formula is C20H36N4OS. The van der Waals surface area contributed by atoms with Gasteiger partial charge in [0.1, 0.15) is 0 Å². The van der Waals surface area contributed by atoms with Gasteiger partial charge in [-0.1, -0.05) is 19.3 Å². The van der Waals surface area contributed by atoms with Gasteiger partial charge in [0.2, 0.25) is 5.91 Å². The summed E-state index contributed by atoms with van der Waals surface area (Å²) in [4.78, 5) is 15.2. The van der Waals surface area contributed by atoms with Gasteiger partial charge in [0.05, 0.1) is 6.04 Å². The van der Waals surface area contributed by atoms with Crippen molar-refractivity contribution in [2.24, 2.45) is 17.6 Å². The summed E-state index contributed by atoms with van der Waals surface area (Å²) in [6.45, 7) is 2.80. The van der Waals surface area contributed by atoms with E-state index in [1.807, 2.05) is 11.8 Å². The molecule has 0 aromatic rings. The lowest BCUT2D eigenvalue weighted by atomic mass is 9.85. The molecule has 0 bridgehead atoms. The van der Waals surface area contributed by atoms with Crippen molar-refractivity contribution in [3.8, 4) is 0 Å². The van der Waals surface area contributed by atoms with Gasteiger partial charge in [0.25, 0.3) is 0 Å². The van der Waals surface area contributed by atoms with E-state index in [-0.39, 0.29) is 12.1 Å². The van der Waals surface area contributed by atoms with Crippen LogP contribution in [0, 0.1) is 11.8 Å². The molecule has 2 aliphatic heterocycles. The Labute approximate surface area is 162 Å². The number of carbonyl (C=O) groups is 1. The maximum atomic E-state index is 13.1. The molecule has 0 spiro atoms. The average Bonchev–Trinajstić information content (AvgIpc) is 3.05. The molecule has 2 saturated heterocycles. The fourth-order valence-corrected chi connectivity index (χ4v) is 6.29. The van der Waals surface area contributed by atoms with Crippen molar-refractivity contribution < 1.29 is 4.79 Å². The van der Waals surface area contributed by atoms with Gasteiger partial charge in [-0.2, -0.15) is 0 Å². The van der Waals surface area contributed by atoms with Crippen LogP contribution < -0.4 is 16.4 Å². The highest BCUT2D eigenvalue weighted by molar-refractivity contribution is 7.99. The Morgan fingerprint density at radius 2 is 2.00 bits per heavy atom. The van der Waals surface area contributed by atoms with Gasteiger partial charge in [-0.15, -0.1) is 11.8 Å². The molecule has 0 radical (unpaired) electrons. The van der Waals surface area contributed by atoms with E-state index in [1.54, 1.807) is 0 Å². The molecule has 0 aromatic carbocycles. The molecule has 4 rings (SSSR count). The van der Waals surface area contributed by atoms with Gasteiger partial charge in [0, 0.05) is 36.3 Å². The molecule has 5 atom stereocenters. The van der Waals surface area contributed by atoms with E-state index in [4.69, 9.17) is 5.73 Å². The van der Waals surface area contributed by atoms with Crippen LogP contribution >= 0.6 is 11.8 Å². The van der Waals surface area contributed by atoms with Gasteiger partial charge in [0.15, 0.2) is 0 Å². The minimum atomic E-state index is 0.0554. The molecule has 26 heavy (non-hydrogen) atoms. The summed E-state index contributed by atoms with van der Waals surface area (Å²) < 4.78 is 0. The number of rotatable bonds is 6. The van der Waals surface area contributed by atoms with Gasteiger partial charge in [-0.3, -0.25) is 4.79 Å². The number of hydrogen-bond donors (Lipinski definition) is 3. The molecule has 4 fully saturated rings. The summed E-state index contributed by atoms with van der Waals surface area (Å²) >= 11 is 1.92. The van der Waals surface area contributed by atoms with Crippen LogP contribution in [0.15, 0.2) is 0 Å². The van der Waals surface area contributed by atoms with Crippen LogP contribution in [0.4, 0.5) is 0 Å². The van der Waals surface area contributed by atoms with Crippen molar-refractivity contribution in [2.75, 3.05) is 25.5 Å². The molecular weight excluding hydrogens is 344 g/mol. The molecule has 2 aliphatic carbocycles. The number of fused-ring (bicyclic) bond motifs is 1. The Morgan fingerprint density at radius 1 is 1.15 bits per heavy atom. The molecule has 5 unspecified atom stereocenters. The molecule has 1 amide bonds. The van der Waals surface area contributed by atoms with Crippen molar-refractivity contribution in [1.82, 2.24) is 15.5 Å². The topological polar surface area (TPSA) is 70.4 Å². The van der Waals surface area contributed by atoms with Crippen molar-refractivity contribution >= 4 is 17.7 Å². The number of thioether (sulfide) groups is 1. The minimum Gasteiger partial charge on any atom is -0.340 e. The lowest BCUT2D eigenvalue weighted by Crippen LogP contribution is -2.55. The Hall–Kier alpha value is -0.300. The lowest BCUT2D eigenvalue weighted by molar-refractivity contribution is -0.134. The second kappa shape index (κ2) is 8.80. The molecule has 4 N–H and O–H groups in total. The van der Waals surface area contributed by atoms with Gasteiger partial charge < -0.3 is 21.3 Å². The summed E-state index contributed by atoms with van der Waals surface area (Å²) in [6.07, 6.45) is 11.4. The van der Waals surface area contributed by atoms with Crippen LogP contribution in [-0.2, 0) is 4.79 Å². The minimum absolute atomic E-state index is 0.0554. The number of amides is 1. The molecule has 4 aliphatic rings. The van der Waals surface area contributed by atoms with Crippen molar-refractivity contribution in [1.29, 1.82) is 0 Å². The monoisotopic (exact) mass is 380 g/mol. The zero-order valence-electron chi connectivity index (χ0n) is 16.0. The fourth-order valence-electron chi connectivity index (χ4n) is 5.17. The lowest BCUT2D eigenvalue weighted by Gasteiger charge is -2.38. The zero-order chi connectivity index (χ0) is 17.9. The number of nitrogens with zero attached hydrogens (tertiary/aromatic N) is 1. The van der Waals surface area contributed by atoms with Gasteiger partial charge in [-0.05, 0) is 56.9 Å². The van der Waals surface area contributed by atoms with E-state index < -0.39 is 0 Å². The Bertz CT molecular complexity index is 472. The highest BCUT2D eigenvalue weighted by Gasteiger charge is 2.41. The van der Waals surface area contributed by atoms with Crippen LogP contribution in [0.25, 0.3) is 0 Å². The summed E-state index contributed by atoms with van der Waals surface area (Å²) in [5.41, 5.74) is 6.37.